The predicted molar refractivity (Wildman–Crippen MR) is 116 cm³/mol. The molecule has 148 valence electrons. The van der Waals surface area contributed by atoms with Crippen molar-refractivity contribution in [1.82, 2.24) is 0 Å². The summed E-state index contributed by atoms with van der Waals surface area (Å²) in [6, 6.07) is 0. The van der Waals surface area contributed by atoms with Crippen molar-refractivity contribution in [2.75, 3.05) is 14.2 Å². The molecule has 0 radical (unpaired) electrons. The van der Waals surface area contributed by atoms with E-state index >= 15 is 0 Å². The summed E-state index contributed by atoms with van der Waals surface area (Å²) in [5.74, 6) is 0. The van der Waals surface area contributed by atoms with Gasteiger partial charge in [0.1, 0.15) is 0 Å². The molecular formula is C26H32O2. The topological polar surface area (TPSA) is 18.5 Å². The number of allylic oxidation sites excluding steroid dienone is 6. The number of rotatable bonds is 2. The highest BCUT2D eigenvalue weighted by Gasteiger charge is 2.63. The zero-order chi connectivity index (χ0) is 20.5. The second-order valence-electron chi connectivity index (χ2n) is 10.2. The average molecular weight is 377 g/mol. The standard InChI is InChI=1S/C26H32O2/c1-23(2,3)21-13-17-9-11-19-15-22(24(4,5)6)16-20-12-10-18(14-21)25(17,27-7)26(19,20)28-8/h9-16H,1-8H3. The molecule has 4 aliphatic rings. The molecule has 0 bridgehead atoms. The largest absolute Gasteiger partial charge is 0.365 e. The number of ether oxygens (including phenoxy) is 2. The first-order valence-electron chi connectivity index (χ1n) is 10.1. The van der Waals surface area contributed by atoms with Crippen LogP contribution in [0.15, 0.2) is 82.0 Å². The van der Waals surface area contributed by atoms with Crippen LogP contribution >= 0.6 is 0 Å². The van der Waals surface area contributed by atoms with Gasteiger partial charge in [0, 0.05) is 14.2 Å². The second-order valence-corrected chi connectivity index (χ2v) is 10.2. The van der Waals surface area contributed by atoms with Crippen LogP contribution in [0.2, 0.25) is 0 Å². The molecule has 0 saturated carbocycles. The third-order valence-electron chi connectivity index (χ3n) is 6.60. The Labute approximate surface area is 169 Å². The summed E-state index contributed by atoms with van der Waals surface area (Å²) in [6.45, 7) is 13.5. The van der Waals surface area contributed by atoms with Crippen molar-refractivity contribution in [3.8, 4) is 0 Å². The highest BCUT2D eigenvalue weighted by molar-refractivity contribution is 5.73. The Kier molecular flexibility index (Phi) is 4.03. The Bertz CT molecular complexity index is 869. The number of methoxy groups -OCH3 is 2. The fourth-order valence-corrected chi connectivity index (χ4v) is 4.95. The molecule has 2 atom stereocenters. The highest BCUT2D eigenvalue weighted by Crippen LogP contribution is 2.59. The van der Waals surface area contributed by atoms with Crippen LogP contribution in [-0.2, 0) is 9.47 Å². The number of hydrogen-bond donors (Lipinski definition) is 0. The van der Waals surface area contributed by atoms with E-state index in [4.69, 9.17) is 9.47 Å². The van der Waals surface area contributed by atoms with Crippen molar-refractivity contribution >= 4 is 0 Å². The normalized spacial score (nSPS) is 31.1. The van der Waals surface area contributed by atoms with Crippen LogP contribution in [-0.4, -0.2) is 25.4 Å². The summed E-state index contributed by atoms with van der Waals surface area (Å²) in [5.41, 5.74) is 6.05. The van der Waals surface area contributed by atoms with Gasteiger partial charge in [-0.1, -0.05) is 90.2 Å². The van der Waals surface area contributed by atoms with E-state index in [1.165, 1.54) is 11.1 Å². The van der Waals surface area contributed by atoms with E-state index < -0.39 is 11.2 Å². The van der Waals surface area contributed by atoms with Gasteiger partial charge in [0.05, 0.1) is 0 Å². The van der Waals surface area contributed by atoms with E-state index in [-0.39, 0.29) is 10.8 Å². The molecule has 0 spiro atoms. The molecule has 0 heterocycles. The third-order valence-corrected chi connectivity index (χ3v) is 6.60. The molecule has 0 fully saturated rings. The van der Waals surface area contributed by atoms with Gasteiger partial charge < -0.3 is 9.47 Å². The molecule has 2 heteroatoms. The predicted octanol–water partition coefficient (Wildman–Crippen LogP) is 6.02. The Morgan fingerprint density at radius 2 is 0.929 bits per heavy atom. The highest BCUT2D eigenvalue weighted by atomic mass is 16.6. The van der Waals surface area contributed by atoms with Gasteiger partial charge in [-0.25, -0.2) is 0 Å². The summed E-state index contributed by atoms with van der Waals surface area (Å²) in [5, 5.41) is 0. The minimum atomic E-state index is -0.666. The van der Waals surface area contributed by atoms with Gasteiger partial charge >= 0.3 is 0 Å². The summed E-state index contributed by atoms with van der Waals surface area (Å²) in [4.78, 5) is 0. The summed E-state index contributed by atoms with van der Waals surface area (Å²) in [6.07, 6.45) is 18.0. The molecule has 4 aliphatic carbocycles. The van der Waals surface area contributed by atoms with E-state index in [1.807, 2.05) is 0 Å². The lowest BCUT2D eigenvalue weighted by atomic mass is 9.55. The maximum absolute atomic E-state index is 6.39. The van der Waals surface area contributed by atoms with Gasteiger partial charge in [0.2, 0.25) is 0 Å². The average Bonchev–Trinajstić information content (AvgIpc) is 2.63. The zero-order valence-corrected chi connectivity index (χ0v) is 18.4. The second kappa shape index (κ2) is 5.81. The third kappa shape index (κ3) is 2.28. The van der Waals surface area contributed by atoms with Crippen LogP contribution in [0.1, 0.15) is 41.5 Å². The molecule has 0 aromatic rings. The minimum Gasteiger partial charge on any atom is -0.365 e. The monoisotopic (exact) mass is 376 g/mol. The van der Waals surface area contributed by atoms with Crippen LogP contribution in [0.5, 0.6) is 0 Å². The van der Waals surface area contributed by atoms with Gasteiger partial charge in [-0.05, 0) is 44.3 Å². The summed E-state index contributed by atoms with van der Waals surface area (Å²) < 4.78 is 12.8. The Morgan fingerprint density at radius 3 is 1.21 bits per heavy atom. The number of hydrogen-bond acceptors (Lipinski definition) is 2. The molecular weight excluding hydrogens is 344 g/mol. The lowest BCUT2D eigenvalue weighted by Crippen LogP contribution is -2.64. The molecule has 2 unspecified atom stereocenters. The maximum atomic E-state index is 6.39. The van der Waals surface area contributed by atoms with Gasteiger partial charge in [-0.15, -0.1) is 0 Å². The van der Waals surface area contributed by atoms with Crippen molar-refractivity contribution in [3.05, 3.63) is 82.0 Å². The molecule has 0 saturated heterocycles. The van der Waals surface area contributed by atoms with Gasteiger partial charge in [0.25, 0.3) is 0 Å². The van der Waals surface area contributed by atoms with Crippen LogP contribution in [0, 0.1) is 10.8 Å². The summed E-state index contributed by atoms with van der Waals surface area (Å²) in [7, 11) is 3.61. The van der Waals surface area contributed by atoms with Crippen molar-refractivity contribution in [3.63, 3.8) is 0 Å². The first kappa shape index (κ1) is 19.4. The van der Waals surface area contributed by atoms with Crippen molar-refractivity contribution in [1.29, 1.82) is 0 Å². The van der Waals surface area contributed by atoms with Gasteiger partial charge in [-0.3, -0.25) is 0 Å². The van der Waals surface area contributed by atoms with Crippen molar-refractivity contribution in [2.45, 2.75) is 52.7 Å². The molecule has 28 heavy (non-hydrogen) atoms. The minimum absolute atomic E-state index is 0.0633. The molecule has 0 amide bonds. The smallest absolute Gasteiger partial charge is 0.155 e. The first-order valence-corrected chi connectivity index (χ1v) is 10.1. The molecule has 0 aromatic carbocycles. The van der Waals surface area contributed by atoms with E-state index in [0.717, 1.165) is 22.3 Å². The molecule has 0 N–H and O–H groups in total. The lowest BCUT2D eigenvalue weighted by molar-refractivity contribution is -0.103. The molecule has 0 aromatic heterocycles. The maximum Gasteiger partial charge on any atom is 0.155 e. The Hall–Kier alpha value is -1.90. The molecule has 0 aliphatic heterocycles. The summed E-state index contributed by atoms with van der Waals surface area (Å²) >= 11 is 0. The van der Waals surface area contributed by atoms with Crippen LogP contribution < -0.4 is 0 Å². The Morgan fingerprint density at radius 1 is 0.571 bits per heavy atom. The molecule has 2 nitrogen and oxygen atoms in total. The van der Waals surface area contributed by atoms with E-state index in [1.54, 1.807) is 14.2 Å². The van der Waals surface area contributed by atoms with Gasteiger partial charge in [-0.2, -0.15) is 0 Å². The Balaban J connectivity index is 2.06. The zero-order valence-electron chi connectivity index (χ0n) is 18.4. The fourth-order valence-electron chi connectivity index (χ4n) is 4.95. The quantitative estimate of drug-likeness (QED) is 0.587. The lowest BCUT2D eigenvalue weighted by Gasteiger charge is -2.57. The first-order chi connectivity index (χ1) is 13.0. The van der Waals surface area contributed by atoms with E-state index in [9.17, 15) is 0 Å². The van der Waals surface area contributed by atoms with Crippen LogP contribution in [0.4, 0.5) is 0 Å². The van der Waals surface area contributed by atoms with Crippen LogP contribution in [0.25, 0.3) is 0 Å². The SMILES string of the molecule is COC12C3=CC=C4C=C(C(C)(C)C)C=C(C=CC1=CC(C(C)(C)C)=C3)C42OC. The van der Waals surface area contributed by atoms with Crippen LogP contribution in [0.3, 0.4) is 0 Å². The van der Waals surface area contributed by atoms with Crippen molar-refractivity contribution in [2.24, 2.45) is 10.8 Å². The van der Waals surface area contributed by atoms with E-state index in [2.05, 4.69) is 90.2 Å². The van der Waals surface area contributed by atoms with Crippen molar-refractivity contribution < 1.29 is 9.47 Å². The van der Waals surface area contributed by atoms with Gasteiger partial charge in [0.15, 0.2) is 11.2 Å². The molecule has 4 rings (SSSR count). The van der Waals surface area contributed by atoms with E-state index in [0.29, 0.717) is 0 Å². The fraction of sp³-hybridized carbons (Fsp3) is 0.462.